The second-order valence-corrected chi connectivity index (χ2v) is 7.07. The Morgan fingerprint density at radius 3 is 2.78 bits per heavy atom. The number of nitrogens with one attached hydrogen (secondary N) is 2. The van der Waals surface area contributed by atoms with E-state index in [9.17, 15) is 14.4 Å². The van der Waals surface area contributed by atoms with Crippen LogP contribution in [0.4, 0.5) is 4.39 Å². The van der Waals surface area contributed by atoms with Gasteiger partial charge in [0.15, 0.2) is 6.17 Å². The molecule has 4 rings (SSSR count). The van der Waals surface area contributed by atoms with E-state index in [-0.39, 0.29) is 18.3 Å². The summed E-state index contributed by atoms with van der Waals surface area (Å²) in [5, 5.41) is 26.6. The summed E-state index contributed by atoms with van der Waals surface area (Å²) in [6.07, 6.45) is 0.437. The van der Waals surface area contributed by atoms with Crippen LogP contribution in [0.15, 0.2) is 18.3 Å². The van der Waals surface area contributed by atoms with Crippen LogP contribution in [-0.4, -0.2) is 57.4 Å². The van der Waals surface area contributed by atoms with Crippen LogP contribution in [0, 0.1) is 29.1 Å². The number of ether oxygens (including phenoxy) is 2. The van der Waals surface area contributed by atoms with Crippen molar-refractivity contribution in [2.75, 3.05) is 13.7 Å². The molecule has 2 aromatic heterocycles. The standard InChI is InChI=1S/C21H18FN7O3/c1-3-13-16(25-20(30)19(13)22)10-32-21-15-7-17(31-2)12(8-23)6-14(15)11(9-24-21)4-5-18-26-28-29-27-18/h6-7,9,13,16,19H,3,10H2,1-2H3,(H,25,30)(H,26,27,28,29)/t13-,16+,19-/m0/s1. The number of carbonyl (C=O) groups excluding carboxylic acids is 1. The van der Waals surface area contributed by atoms with Crippen LogP contribution in [0.25, 0.3) is 10.8 Å². The minimum atomic E-state index is -1.56. The molecule has 3 atom stereocenters. The third-order valence-corrected chi connectivity index (χ3v) is 5.29. The van der Waals surface area contributed by atoms with Gasteiger partial charge in [0.1, 0.15) is 18.4 Å². The van der Waals surface area contributed by atoms with Gasteiger partial charge in [-0.1, -0.05) is 17.9 Å². The monoisotopic (exact) mass is 435 g/mol. The van der Waals surface area contributed by atoms with Crippen molar-refractivity contribution >= 4 is 16.7 Å². The Labute approximate surface area is 182 Å². The van der Waals surface area contributed by atoms with Crippen molar-refractivity contribution in [3.63, 3.8) is 0 Å². The minimum Gasteiger partial charge on any atom is -0.495 e. The molecule has 32 heavy (non-hydrogen) atoms. The first-order valence-electron chi connectivity index (χ1n) is 9.79. The Morgan fingerprint density at radius 1 is 1.25 bits per heavy atom. The summed E-state index contributed by atoms with van der Waals surface area (Å²) in [7, 11) is 1.46. The van der Waals surface area contributed by atoms with Gasteiger partial charge in [0.05, 0.1) is 24.3 Å². The number of methoxy groups -OCH3 is 1. The van der Waals surface area contributed by atoms with E-state index in [1.54, 1.807) is 12.1 Å². The van der Waals surface area contributed by atoms with E-state index < -0.39 is 24.0 Å². The number of aromatic nitrogens is 5. The molecule has 11 heteroatoms. The number of aromatic amines is 1. The Kier molecular flexibility index (Phi) is 5.81. The summed E-state index contributed by atoms with van der Waals surface area (Å²) in [6.45, 7) is 1.87. The quantitative estimate of drug-likeness (QED) is 0.571. The summed E-state index contributed by atoms with van der Waals surface area (Å²) >= 11 is 0. The van der Waals surface area contributed by atoms with Crippen LogP contribution in [0.5, 0.6) is 11.6 Å². The fourth-order valence-corrected chi connectivity index (χ4v) is 3.64. The van der Waals surface area contributed by atoms with Crippen LogP contribution >= 0.6 is 0 Å². The van der Waals surface area contributed by atoms with Crippen molar-refractivity contribution in [3.05, 3.63) is 35.3 Å². The fraction of sp³-hybridized carbons (Fsp3) is 0.333. The number of fused-ring (bicyclic) bond motifs is 1. The SMILES string of the molecule is CC[C@@H]1[C@H](F)C(=O)N[C@@H]1COc1ncc(C#Cc2nn[nH]n2)c2cc(C#N)c(OC)cc12. The number of amides is 1. The molecule has 1 aliphatic heterocycles. The maximum Gasteiger partial charge on any atom is 0.255 e. The molecule has 0 spiro atoms. The molecule has 0 radical (unpaired) electrons. The van der Waals surface area contributed by atoms with E-state index >= 15 is 0 Å². The zero-order valence-corrected chi connectivity index (χ0v) is 17.2. The Bertz CT molecular complexity index is 1260. The number of hydrogen-bond acceptors (Lipinski definition) is 8. The summed E-state index contributed by atoms with van der Waals surface area (Å²) < 4.78 is 25.3. The van der Waals surface area contributed by atoms with Crippen molar-refractivity contribution in [1.29, 1.82) is 5.26 Å². The molecule has 0 aliphatic carbocycles. The van der Waals surface area contributed by atoms with Gasteiger partial charge in [-0.3, -0.25) is 4.79 Å². The molecule has 0 bridgehead atoms. The molecule has 0 saturated carbocycles. The number of tetrazole rings is 1. The minimum absolute atomic E-state index is 0.0446. The average Bonchev–Trinajstić information content (AvgIpc) is 3.43. The first kappa shape index (κ1) is 21.0. The molecule has 3 heterocycles. The molecule has 1 fully saturated rings. The highest BCUT2D eigenvalue weighted by atomic mass is 19.1. The second kappa shape index (κ2) is 8.86. The van der Waals surface area contributed by atoms with Gasteiger partial charge in [-0.2, -0.15) is 10.5 Å². The van der Waals surface area contributed by atoms with Crippen molar-refractivity contribution in [2.24, 2.45) is 5.92 Å². The topological polar surface area (TPSA) is 139 Å². The normalized spacial score (nSPS) is 19.7. The number of halogens is 1. The van der Waals surface area contributed by atoms with Gasteiger partial charge >= 0.3 is 0 Å². The molecule has 2 N–H and O–H groups in total. The molecule has 1 aliphatic rings. The number of benzene rings is 1. The fourth-order valence-electron chi connectivity index (χ4n) is 3.64. The van der Waals surface area contributed by atoms with Crippen molar-refractivity contribution in [1.82, 2.24) is 30.9 Å². The highest BCUT2D eigenvalue weighted by Crippen LogP contribution is 2.33. The molecule has 1 saturated heterocycles. The molecular weight excluding hydrogens is 417 g/mol. The molecular formula is C21H18FN7O3. The average molecular weight is 435 g/mol. The molecule has 1 aromatic carbocycles. The summed E-state index contributed by atoms with van der Waals surface area (Å²) in [5.41, 5.74) is 0.829. The number of nitrogens with zero attached hydrogens (tertiary/aromatic N) is 5. The van der Waals surface area contributed by atoms with E-state index in [1.165, 1.54) is 13.3 Å². The maximum atomic E-state index is 14.1. The molecule has 3 aromatic rings. The number of nitriles is 1. The zero-order chi connectivity index (χ0) is 22.7. The van der Waals surface area contributed by atoms with Gasteiger partial charge in [0.2, 0.25) is 11.7 Å². The first-order chi connectivity index (χ1) is 15.5. The lowest BCUT2D eigenvalue weighted by Gasteiger charge is -2.19. The van der Waals surface area contributed by atoms with Gasteiger partial charge in [-0.25, -0.2) is 9.37 Å². The van der Waals surface area contributed by atoms with Gasteiger partial charge in [-0.05, 0) is 29.7 Å². The van der Waals surface area contributed by atoms with Crippen molar-refractivity contribution < 1.29 is 18.7 Å². The smallest absolute Gasteiger partial charge is 0.255 e. The van der Waals surface area contributed by atoms with Gasteiger partial charge < -0.3 is 14.8 Å². The number of hydrogen-bond donors (Lipinski definition) is 2. The van der Waals surface area contributed by atoms with Crippen LogP contribution in [-0.2, 0) is 4.79 Å². The van der Waals surface area contributed by atoms with Gasteiger partial charge in [0.25, 0.3) is 5.91 Å². The summed E-state index contributed by atoms with van der Waals surface area (Å²) in [6, 6.07) is 4.89. The lowest BCUT2D eigenvalue weighted by Crippen LogP contribution is -2.34. The molecule has 162 valence electrons. The van der Waals surface area contributed by atoms with Crippen molar-refractivity contribution in [3.8, 4) is 29.5 Å². The number of rotatable bonds is 5. The van der Waals surface area contributed by atoms with E-state index in [4.69, 9.17) is 9.47 Å². The number of pyridine rings is 1. The van der Waals surface area contributed by atoms with E-state index in [1.807, 2.05) is 6.92 Å². The second-order valence-electron chi connectivity index (χ2n) is 7.07. The highest BCUT2D eigenvalue weighted by molar-refractivity contribution is 5.94. The zero-order valence-electron chi connectivity index (χ0n) is 17.2. The predicted molar refractivity (Wildman–Crippen MR) is 109 cm³/mol. The van der Waals surface area contributed by atoms with Crippen LogP contribution in [0.2, 0.25) is 0 Å². The van der Waals surface area contributed by atoms with Crippen LogP contribution in [0.1, 0.15) is 30.3 Å². The lowest BCUT2D eigenvalue weighted by atomic mass is 9.97. The third kappa shape index (κ3) is 3.88. The largest absolute Gasteiger partial charge is 0.495 e. The van der Waals surface area contributed by atoms with E-state index in [0.717, 1.165) is 0 Å². The van der Waals surface area contributed by atoms with Crippen LogP contribution < -0.4 is 14.8 Å². The first-order valence-corrected chi connectivity index (χ1v) is 9.79. The highest BCUT2D eigenvalue weighted by Gasteiger charge is 2.41. The van der Waals surface area contributed by atoms with Gasteiger partial charge in [0, 0.05) is 22.9 Å². The van der Waals surface area contributed by atoms with E-state index in [0.29, 0.717) is 34.1 Å². The summed E-state index contributed by atoms with van der Waals surface area (Å²) in [4.78, 5) is 16.1. The third-order valence-electron chi connectivity index (χ3n) is 5.29. The van der Waals surface area contributed by atoms with E-state index in [2.05, 4.69) is 48.8 Å². The Morgan fingerprint density at radius 2 is 2.09 bits per heavy atom. The number of alkyl halides is 1. The molecule has 10 nitrogen and oxygen atoms in total. The van der Waals surface area contributed by atoms with Crippen LogP contribution in [0.3, 0.4) is 0 Å². The number of H-pyrrole nitrogens is 1. The Balaban J connectivity index is 1.72. The van der Waals surface area contributed by atoms with Crippen molar-refractivity contribution in [2.45, 2.75) is 25.6 Å². The summed E-state index contributed by atoms with van der Waals surface area (Å²) in [5.74, 6) is 5.38. The Hall–Kier alpha value is -4.25. The van der Waals surface area contributed by atoms with Gasteiger partial charge in [-0.15, -0.1) is 5.10 Å². The molecule has 0 unspecified atom stereocenters. The number of carbonyl (C=O) groups is 1. The molecule has 1 amide bonds. The maximum absolute atomic E-state index is 14.1. The lowest BCUT2D eigenvalue weighted by molar-refractivity contribution is -0.123. The predicted octanol–water partition coefficient (Wildman–Crippen LogP) is 1.27.